The molecule has 18 heavy (non-hydrogen) atoms. The summed E-state index contributed by atoms with van der Waals surface area (Å²) in [4.78, 5) is 0. The van der Waals surface area contributed by atoms with Crippen molar-refractivity contribution in [1.29, 1.82) is 0 Å². The number of rotatable bonds is 7. The van der Waals surface area contributed by atoms with Gasteiger partial charge in [-0.1, -0.05) is 5.16 Å². The number of benzene rings is 1. The maximum atomic E-state index is 9.03. The molecule has 1 rings (SSSR count). The predicted octanol–water partition coefficient (Wildman–Crippen LogP) is 0.130. The third-order valence-corrected chi connectivity index (χ3v) is 2.25. The Kier molecular flexibility index (Phi) is 5.96. The number of hydrogen-bond acceptors (Lipinski definition) is 5. The highest BCUT2D eigenvalue weighted by Crippen LogP contribution is 2.11. The van der Waals surface area contributed by atoms with Crippen LogP contribution in [0.2, 0.25) is 0 Å². The minimum atomic E-state index is -0.356. The quantitative estimate of drug-likeness (QED) is 0.182. The van der Waals surface area contributed by atoms with Crippen LogP contribution in [0.5, 0.6) is 5.75 Å². The largest absolute Gasteiger partial charge is 0.492 e. The lowest BCUT2D eigenvalue weighted by Gasteiger charge is -2.09. The second-order valence-corrected chi connectivity index (χ2v) is 3.91. The normalized spacial score (nSPS) is 13.3. The van der Waals surface area contributed by atoms with E-state index in [1.54, 1.807) is 31.2 Å². The van der Waals surface area contributed by atoms with E-state index < -0.39 is 0 Å². The lowest BCUT2D eigenvalue weighted by Crippen LogP contribution is -2.28. The summed E-state index contributed by atoms with van der Waals surface area (Å²) in [5.41, 5.74) is 6.07. The first-order valence-electron chi connectivity index (χ1n) is 5.73. The molecular formula is C12H19N3O3. The molecule has 1 atom stereocenters. The van der Waals surface area contributed by atoms with Crippen LogP contribution in [0.3, 0.4) is 0 Å². The highest BCUT2D eigenvalue weighted by atomic mass is 16.5. The summed E-state index contributed by atoms with van der Waals surface area (Å²) in [5, 5.41) is 23.5. The van der Waals surface area contributed by atoms with Gasteiger partial charge >= 0.3 is 0 Å². The SMILES string of the molecule is CC(O)CNCCOc1ccc(C(N)=NO)cc1. The van der Waals surface area contributed by atoms with Crippen molar-refractivity contribution in [2.24, 2.45) is 10.9 Å². The van der Waals surface area contributed by atoms with Gasteiger partial charge in [0, 0.05) is 18.7 Å². The second kappa shape index (κ2) is 7.52. The monoisotopic (exact) mass is 253 g/mol. The number of ether oxygens (including phenoxy) is 1. The van der Waals surface area contributed by atoms with Crippen LogP contribution in [0.15, 0.2) is 29.4 Å². The Balaban J connectivity index is 2.31. The molecule has 0 aromatic heterocycles. The molecule has 0 spiro atoms. The Morgan fingerprint density at radius 1 is 1.44 bits per heavy atom. The van der Waals surface area contributed by atoms with Crippen molar-refractivity contribution < 1.29 is 15.1 Å². The van der Waals surface area contributed by atoms with E-state index in [1.807, 2.05) is 0 Å². The standard InChI is InChI=1S/C12H19N3O3/c1-9(16)8-14-6-7-18-11-4-2-10(3-5-11)12(13)15-17/h2-5,9,14,16-17H,6-8H2,1H3,(H2,13,15). The van der Waals surface area contributed by atoms with Gasteiger partial charge < -0.3 is 26.1 Å². The summed E-state index contributed by atoms with van der Waals surface area (Å²) < 4.78 is 5.47. The Morgan fingerprint density at radius 3 is 2.67 bits per heavy atom. The van der Waals surface area contributed by atoms with E-state index in [0.29, 0.717) is 31.0 Å². The summed E-state index contributed by atoms with van der Waals surface area (Å²) in [6.45, 7) is 3.44. The molecular weight excluding hydrogens is 234 g/mol. The van der Waals surface area contributed by atoms with Crippen molar-refractivity contribution >= 4 is 5.84 Å². The summed E-state index contributed by atoms with van der Waals surface area (Å²) in [7, 11) is 0. The van der Waals surface area contributed by atoms with Crippen LogP contribution < -0.4 is 15.8 Å². The van der Waals surface area contributed by atoms with Crippen molar-refractivity contribution in [3.8, 4) is 5.75 Å². The van der Waals surface area contributed by atoms with Gasteiger partial charge in [0.1, 0.15) is 12.4 Å². The fourth-order valence-corrected chi connectivity index (χ4v) is 1.33. The molecule has 0 fully saturated rings. The van der Waals surface area contributed by atoms with Crippen LogP contribution >= 0.6 is 0 Å². The molecule has 0 aliphatic heterocycles. The fraction of sp³-hybridized carbons (Fsp3) is 0.417. The van der Waals surface area contributed by atoms with Crippen LogP contribution in [0, 0.1) is 0 Å². The van der Waals surface area contributed by atoms with E-state index in [9.17, 15) is 0 Å². The van der Waals surface area contributed by atoms with E-state index in [1.165, 1.54) is 0 Å². The maximum Gasteiger partial charge on any atom is 0.170 e. The first-order valence-corrected chi connectivity index (χ1v) is 5.73. The first-order chi connectivity index (χ1) is 8.63. The molecule has 100 valence electrons. The minimum absolute atomic E-state index is 0.0696. The molecule has 0 heterocycles. The van der Waals surface area contributed by atoms with Crippen LogP contribution in [-0.2, 0) is 0 Å². The Bertz CT molecular complexity index is 377. The minimum Gasteiger partial charge on any atom is -0.492 e. The highest BCUT2D eigenvalue weighted by molar-refractivity contribution is 5.97. The smallest absolute Gasteiger partial charge is 0.170 e. The lowest BCUT2D eigenvalue weighted by atomic mass is 10.2. The highest BCUT2D eigenvalue weighted by Gasteiger charge is 2.00. The molecule has 0 bridgehead atoms. The first kappa shape index (κ1) is 14.3. The van der Waals surface area contributed by atoms with Crippen molar-refractivity contribution in [2.45, 2.75) is 13.0 Å². The molecule has 1 aromatic carbocycles. The average Bonchev–Trinajstić information content (AvgIpc) is 2.38. The van der Waals surface area contributed by atoms with Gasteiger partial charge in [0.2, 0.25) is 0 Å². The second-order valence-electron chi connectivity index (χ2n) is 3.91. The number of aliphatic hydroxyl groups is 1. The summed E-state index contributed by atoms with van der Waals surface area (Å²) in [5.74, 6) is 0.781. The lowest BCUT2D eigenvalue weighted by molar-refractivity contribution is 0.188. The van der Waals surface area contributed by atoms with E-state index in [0.717, 1.165) is 0 Å². The van der Waals surface area contributed by atoms with Crippen molar-refractivity contribution in [3.63, 3.8) is 0 Å². The van der Waals surface area contributed by atoms with Gasteiger partial charge in [0.05, 0.1) is 6.10 Å². The van der Waals surface area contributed by atoms with Crippen molar-refractivity contribution in [1.82, 2.24) is 5.32 Å². The number of nitrogens with zero attached hydrogens (tertiary/aromatic N) is 1. The molecule has 0 aliphatic rings. The van der Waals surface area contributed by atoms with Gasteiger partial charge in [-0.3, -0.25) is 0 Å². The molecule has 6 nitrogen and oxygen atoms in total. The van der Waals surface area contributed by atoms with Crippen LogP contribution in [0.25, 0.3) is 0 Å². The van der Waals surface area contributed by atoms with E-state index in [2.05, 4.69) is 10.5 Å². The molecule has 5 N–H and O–H groups in total. The van der Waals surface area contributed by atoms with Crippen molar-refractivity contribution in [2.75, 3.05) is 19.7 Å². The van der Waals surface area contributed by atoms with Gasteiger partial charge in [0.15, 0.2) is 5.84 Å². The molecule has 0 radical (unpaired) electrons. The van der Waals surface area contributed by atoms with Crippen molar-refractivity contribution in [3.05, 3.63) is 29.8 Å². The molecule has 0 aliphatic carbocycles. The number of nitrogens with one attached hydrogen (secondary N) is 1. The van der Waals surface area contributed by atoms with Gasteiger partial charge in [0.25, 0.3) is 0 Å². The van der Waals surface area contributed by atoms with Gasteiger partial charge in [-0.2, -0.15) is 0 Å². The predicted molar refractivity (Wildman–Crippen MR) is 69.0 cm³/mol. The third-order valence-electron chi connectivity index (χ3n) is 2.25. The Hall–Kier alpha value is -1.79. The Labute approximate surface area is 106 Å². The van der Waals surface area contributed by atoms with Gasteiger partial charge in [-0.05, 0) is 31.2 Å². The fourth-order valence-electron chi connectivity index (χ4n) is 1.33. The zero-order chi connectivity index (χ0) is 13.4. The molecule has 1 aromatic rings. The van der Waals surface area contributed by atoms with Crippen LogP contribution in [-0.4, -0.2) is 41.9 Å². The molecule has 1 unspecified atom stereocenters. The van der Waals surface area contributed by atoms with Crippen LogP contribution in [0.1, 0.15) is 12.5 Å². The number of amidine groups is 1. The number of nitrogens with two attached hydrogens (primary N) is 1. The van der Waals surface area contributed by atoms with E-state index in [-0.39, 0.29) is 11.9 Å². The summed E-state index contributed by atoms with van der Waals surface area (Å²) >= 11 is 0. The van der Waals surface area contributed by atoms with Crippen LogP contribution in [0.4, 0.5) is 0 Å². The van der Waals surface area contributed by atoms with Gasteiger partial charge in [-0.15, -0.1) is 0 Å². The molecule has 0 amide bonds. The summed E-state index contributed by atoms with van der Waals surface area (Å²) in [6, 6.07) is 6.94. The van der Waals surface area contributed by atoms with E-state index in [4.69, 9.17) is 20.8 Å². The zero-order valence-electron chi connectivity index (χ0n) is 10.3. The number of aliphatic hydroxyl groups excluding tert-OH is 1. The van der Waals surface area contributed by atoms with Gasteiger partial charge in [-0.25, -0.2) is 0 Å². The summed E-state index contributed by atoms with van der Waals surface area (Å²) in [6.07, 6.45) is -0.356. The number of hydrogen-bond donors (Lipinski definition) is 4. The van der Waals surface area contributed by atoms with E-state index >= 15 is 0 Å². The topological polar surface area (TPSA) is 100 Å². The maximum absolute atomic E-state index is 9.03. The number of oxime groups is 1. The molecule has 0 saturated carbocycles. The average molecular weight is 253 g/mol. The zero-order valence-corrected chi connectivity index (χ0v) is 10.3. The molecule has 6 heteroatoms. The Morgan fingerprint density at radius 2 is 2.11 bits per heavy atom. The third kappa shape index (κ3) is 5.03. The molecule has 0 saturated heterocycles.